The molecule has 3 heterocycles. The van der Waals surface area contributed by atoms with E-state index in [1.165, 1.54) is 4.57 Å². The highest BCUT2D eigenvalue weighted by atomic mass is 19.3. The molecule has 6 nitrogen and oxygen atoms in total. The van der Waals surface area contributed by atoms with Gasteiger partial charge in [0.25, 0.3) is 0 Å². The largest absolute Gasteiger partial charge is 0.331 e. The van der Waals surface area contributed by atoms with Crippen molar-refractivity contribution in [3.8, 4) is 11.4 Å². The van der Waals surface area contributed by atoms with Crippen LogP contribution in [0.4, 0.5) is 8.78 Å². The van der Waals surface area contributed by atoms with E-state index in [4.69, 9.17) is 2.74 Å². The predicted octanol–water partition coefficient (Wildman–Crippen LogP) is 3.35. The number of aromatic nitrogens is 6. The van der Waals surface area contributed by atoms with Crippen LogP contribution in [0.1, 0.15) is 34.1 Å². The van der Waals surface area contributed by atoms with Gasteiger partial charge in [0.1, 0.15) is 16.9 Å². The number of aryl methyl sites for hydroxylation is 1. The van der Waals surface area contributed by atoms with Gasteiger partial charge in [0.2, 0.25) is 5.92 Å². The number of aromatic amines is 1. The first-order valence-electron chi connectivity index (χ1n) is 8.88. The van der Waals surface area contributed by atoms with Gasteiger partial charge in [0.05, 0.1) is 14.6 Å². The minimum atomic E-state index is -2.69. The van der Waals surface area contributed by atoms with Crippen LogP contribution in [0.5, 0.6) is 0 Å². The van der Waals surface area contributed by atoms with Crippen molar-refractivity contribution in [1.82, 2.24) is 29.9 Å². The Balaban J connectivity index is 1.73. The Morgan fingerprint density at radius 2 is 2.21 bits per heavy atom. The van der Waals surface area contributed by atoms with Crippen LogP contribution in [0.25, 0.3) is 22.6 Å². The fourth-order valence-electron chi connectivity index (χ4n) is 3.01. The zero-order valence-corrected chi connectivity index (χ0v) is 13.1. The van der Waals surface area contributed by atoms with Gasteiger partial charge in [-0.2, -0.15) is 0 Å². The Kier molecular flexibility index (Phi) is 3.03. The van der Waals surface area contributed by atoms with Crippen molar-refractivity contribution in [2.75, 3.05) is 0 Å². The van der Waals surface area contributed by atoms with Gasteiger partial charge in [-0.25, -0.2) is 13.8 Å². The third-order valence-corrected chi connectivity index (χ3v) is 4.41. The van der Waals surface area contributed by atoms with Gasteiger partial charge in [-0.3, -0.25) is 10.1 Å². The number of rotatable bonds is 3. The zero-order valence-electron chi connectivity index (χ0n) is 15.1. The molecule has 3 aromatic rings. The lowest BCUT2D eigenvalue weighted by Crippen LogP contribution is -2.26. The normalized spacial score (nSPS) is 20.1. The summed E-state index contributed by atoms with van der Waals surface area (Å²) < 4.78 is 45.4. The van der Waals surface area contributed by atoms with Crippen LogP contribution in [0.2, 0.25) is 0 Å². The topological polar surface area (TPSA) is 72.3 Å². The van der Waals surface area contributed by atoms with Gasteiger partial charge in [-0.1, -0.05) is 5.21 Å². The Labute approximate surface area is 140 Å². The molecule has 0 saturated heterocycles. The summed E-state index contributed by atoms with van der Waals surface area (Å²) in [5, 5.41) is 10.4. The van der Waals surface area contributed by atoms with E-state index in [0.717, 1.165) is 0 Å². The molecule has 1 fully saturated rings. The molecule has 1 N–H and O–H groups in total. The number of alkyl halides is 2. The van der Waals surface area contributed by atoms with Crippen LogP contribution in [-0.4, -0.2) is 35.9 Å². The average Bonchev–Trinajstić information content (AvgIpc) is 3.20. The highest BCUT2D eigenvalue weighted by Gasteiger charge is 2.34. The molecule has 0 atom stereocenters. The maximum Gasteiger partial charge on any atom is 0.248 e. The summed E-state index contributed by atoms with van der Waals surface area (Å²) in [7, 11) is 0. The van der Waals surface area contributed by atoms with Gasteiger partial charge < -0.3 is 4.57 Å². The van der Waals surface area contributed by atoms with Crippen molar-refractivity contribution in [3.63, 3.8) is 0 Å². The minimum Gasteiger partial charge on any atom is -0.331 e. The summed E-state index contributed by atoms with van der Waals surface area (Å²) in [6, 6.07) is 1.68. The molecular formula is C16H18F2N6. The lowest BCUT2D eigenvalue weighted by Gasteiger charge is -2.28. The lowest BCUT2D eigenvalue weighted by molar-refractivity contribution is -0.0472. The average molecular weight is 334 g/mol. The van der Waals surface area contributed by atoms with E-state index in [1.807, 2.05) is 0 Å². The van der Waals surface area contributed by atoms with E-state index in [1.54, 1.807) is 25.4 Å². The first-order valence-corrected chi connectivity index (χ1v) is 7.88. The Hall–Kier alpha value is -2.38. The highest BCUT2D eigenvalue weighted by Crippen LogP contribution is 2.37. The van der Waals surface area contributed by atoms with E-state index < -0.39 is 18.3 Å². The molecule has 0 bridgehead atoms. The van der Waals surface area contributed by atoms with Gasteiger partial charge >= 0.3 is 0 Å². The zero-order chi connectivity index (χ0) is 18.5. The summed E-state index contributed by atoms with van der Waals surface area (Å²) in [6.07, 6.45) is 2.86. The maximum absolute atomic E-state index is 13.4. The van der Waals surface area contributed by atoms with Crippen LogP contribution in [0, 0.1) is 12.8 Å². The molecule has 0 aliphatic heterocycles. The number of nitrogens with one attached hydrogen (secondary N) is 1. The van der Waals surface area contributed by atoms with Crippen molar-refractivity contribution >= 4 is 11.2 Å². The van der Waals surface area contributed by atoms with Crippen molar-refractivity contribution in [2.24, 2.45) is 5.92 Å². The molecule has 3 aromatic heterocycles. The van der Waals surface area contributed by atoms with Gasteiger partial charge in [0, 0.05) is 25.5 Å². The molecule has 1 saturated carbocycles. The molecule has 1 aliphatic carbocycles. The number of hydrogen-bond acceptors (Lipinski definition) is 4. The van der Waals surface area contributed by atoms with Crippen LogP contribution in [0.3, 0.4) is 0 Å². The molecule has 0 radical (unpaired) electrons. The fourth-order valence-corrected chi connectivity index (χ4v) is 3.01. The van der Waals surface area contributed by atoms with E-state index in [-0.39, 0.29) is 25.7 Å². The van der Waals surface area contributed by atoms with Crippen LogP contribution >= 0.6 is 0 Å². The highest BCUT2D eigenvalue weighted by molar-refractivity contribution is 5.74. The number of H-pyrrole nitrogens is 1. The third kappa shape index (κ3) is 2.76. The standard InChI is InChI=1S/C16H18F2N6/c1-10-14(22-23-21-10)13-8-19-12-4-7-24(15(12)20-13)9-11-2-5-16(17,18)6-3-11/h4,7-8,11H,2-3,5-6,9H2,1H3,(H,21,22,23)/i9D2. The van der Waals surface area contributed by atoms with E-state index in [2.05, 4.69) is 25.4 Å². The van der Waals surface area contributed by atoms with Crippen LogP contribution < -0.4 is 0 Å². The molecule has 1 aliphatic rings. The van der Waals surface area contributed by atoms with Gasteiger partial charge in [0.15, 0.2) is 5.65 Å². The lowest BCUT2D eigenvalue weighted by atomic mass is 9.87. The molecule has 126 valence electrons. The van der Waals surface area contributed by atoms with E-state index >= 15 is 0 Å². The second-order valence-corrected chi connectivity index (χ2v) is 6.18. The second-order valence-electron chi connectivity index (χ2n) is 6.18. The first kappa shape index (κ1) is 13.0. The molecule has 8 heteroatoms. The Morgan fingerprint density at radius 1 is 1.42 bits per heavy atom. The van der Waals surface area contributed by atoms with Crippen molar-refractivity contribution in [2.45, 2.75) is 45.0 Å². The van der Waals surface area contributed by atoms with Crippen LogP contribution in [-0.2, 0) is 6.50 Å². The molecule has 4 rings (SSSR count). The predicted molar refractivity (Wildman–Crippen MR) is 84.5 cm³/mol. The molecule has 0 unspecified atom stereocenters. The number of halogens is 2. The molecular weight excluding hydrogens is 314 g/mol. The van der Waals surface area contributed by atoms with Gasteiger partial charge in [-0.15, -0.1) is 5.10 Å². The smallest absolute Gasteiger partial charge is 0.248 e. The fraction of sp³-hybridized carbons (Fsp3) is 0.500. The summed E-state index contributed by atoms with van der Waals surface area (Å²) >= 11 is 0. The molecule has 0 aromatic carbocycles. The van der Waals surface area contributed by atoms with E-state index in [0.29, 0.717) is 28.2 Å². The van der Waals surface area contributed by atoms with E-state index in [9.17, 15) is 8.78 Å². The monoisotopic (exact) mass is 334 g/mol. The second kappa shape index (κ2) is 5.61. The quantitative estimate of drug-likeness (QED) is 0.797. The van der Waals surface area contributed by atoms with Crippen molar-refractivity contribution in [1.29, 1.82) is 0 Å². The minimum absolute atomic E-state index is 0.135. The number of fused-ring (bicyclic) bond motifs is 1. The maximum atomic E-state index is 13.4. The summed E-state index contributed by atoms with van der Waals surface area (Å²) in [4.78, 5) is 8.86. The molecule has 0 spiro atoms. The first-order chi connectivity index (χ1) is 12.3. The summed E-state index contributed by atoms with van der Waals surface area (Å²) in [5.74, 6) is -3.19. The third-order valence-electron chi connectivity index (χ3n) is 4.41. The van der Waals surface area contributed by atoms with Crippen molar-refractivity contribution < 1.29 is 11.5 Å². The molecule has 24 heavy (non-hydrogen) atoms. The van der Waals surface area contributed by atoms with Crippen LogP contribution in [0.15, 0.2) is 18.5 Å². The summed E-state index contributed by atoms with van der Waals surface area (Å²) in [6.45, 7) is -0.0436. The molecule has 0 amide bonds. The van der Waals surface area contributed by atoms with Crippen molar-refractivity contribution in [3.05, 3.63) is 24.2 Å². The Bertz CT molecular complexity index is 941. The number of hydrogen-bond donors (Lipinski definition) is 1. The SMILES string of the molecule is [2H]C([2H])(C1CCC(F)(F)CC1)n1ccc2ncc(-c3[nH]nnc3C)nc21. The Morgan fingerprint density at radius 3 is 2.92 bits per heavy atom. The van der Waals surface area contributed by atoms with Gasteiger partial charge in [-0.05, 0) is 31.7 Å². The summed E-state index contributed by atoms with van der Waals surface area (Å²) in [5.41, 5.74) is 2.70. The number of nitrogens with zero attached hydrogens (tertiary/aromatic N) is 5.